The third kappa shape index (κ3) is 3.27. The Bertz CT molecular complexity index is 697. The van der Waals surface area contributed by atoms with Crippen LogP contribution in [0.15, 0.2) is 34.7 Å². The molecule has 1 saturated heterocycles. The first-order chi connectivity index (χ1) is 11.5. The van der Waals surface area contributed by atoms with Crippen molar-refractivity contribution in [2.45, 2.75) is 33.1 Å². The van der Waals surface area contributed by atoms with Crippen LogP contribution in [0.5, 0.6) is 0 Å². The summed E-state index contributed by atoms with van der Waals surface area (Å²) >= 11 is 0. The summed E-state index contributed by atoms with van der Waals surface area (Å²) in [6.07, 6.45) is 1.00. The van der Waals surface area contributed by atoms with Crippen molar-refractivity contribution in [3.8, 4) is 0 Å². The molecule has 3 rings (SSSR count). The fraction of sp³-hybridized carbons (Fsp3) is 0.500. The number of rotatable bonds is 4. The molecule has 0 bridgehead atoms. The maximum absolute atomic E-state index is 11.7. The van der Waals surface area contributed by atoms with Crippen LogP contribution in [0.25, 0.3) is 0 Å². The fourth-order valence-corrected chi connectivity index (χ4v) is 3.19. The number of piperidine rings is 1. The lowest BCUT2D eigenvalue weighted by Gasteiger charge is -2.43. The van der Waals surface area contributed by atoms with E-state index in [0.717, 1.165) is 19.5 Å². The van der Waals surface area contributed by atoms with E-state index in [-0.39, 0.29) is 17.9 Å². The molecule has 0 amide bonds. The maximum atomic E-state index is 11.7. The molecule has 1 aromatic heterocycles. The highest BCUT2D eigenvalue weighted by molar-refractivity contribution is 5.84. The monoisotopic (exact) mass is 329 g/mol. The summed E-state index contributed by atoms with van der Waals surface area (Å²) in [4.78, 5) is 13.7. The predicted molar refractivity (Wildman–Crippen MR) is 90.0 cm³/mol. The Balaban J connectivity index is 1.80. The summed E-state index contributed by atoms with van der Waals surface area (Å²) in [6.45, 7) is 8.21. The number of hydrogen-bond donors (Lipinski definition) is 0. The van der Waals surface area contributed by atoms with Gasteiger partial charge in [-0.25, -0.2) is 4.79 Å². The minimum Gasteiger partial charge on any atom is -0.459 e. The Morgan fingerprint density at radius 1 is 1.33 bits per heavy atom. The van der Waals surface area contributed by atoms with Crippen molar-refractivity contribution in [1.29, 1.82) is 0 Å². The molecule has 2 heterocycles. The highest BCUT2D eigenvalue weighted by Gasteiger charge is 2.38. The average molecular weight is 329 g/mol. The number of carbonyl (C=O) groups excluding carboxylic acids is 1. The molecule has 0 aliphatic carbocycles. The van der Waals surface area contributed by atoms with Gasteiger partial charge >= 0.3 is 17.9 Å². The van der Waals surface area contributed by atoms with Crippen LogP contribution in [-0.4, -0.2) is 35.9 Å². The number of anilines is 1. The Morgan fingerprint density at radius 3 is 2.79 bits per heavy atom. The lowest BCUT2D eigenvalue weighted by Crippen LogP contribution is -2.43. The molecule has 0 radical (unpaired) electrons. The topological polar surface area (TPSA) is 68.5 Å². The van der Waals surface area contributed by atoms with Gasteiger partial charge in [-0.1, -0.05) is 54.4 Å². The molecule has 0 saturated carbocycles. The van der Waals surface area contributed by atoms with Gasteiger partial charge in [0.05, 0.1) is 6.61 Å². The Labute approximate surface area is 141 Å². The second kappa shape index (κ2) is 6.63. The third-order valence-electron chi connectivity index (χ3n) is 4.71. The van der Waals surface area contributed by atoms with E-state index >= 15 is 0 Å². The van der Waals surface area contributed by atoms with Crippen molar-refractivity contribution in [3.63, 3.8) is 0 Å². The minimum absolute atomic E-state index is 0.0899. The minimum atomic E-state index is -0.576. The van der Waals surface area contributed by atoms with Gasteiger partial charge in [0.1, 0.15) is 0 Å². The van der Waals surface area contributed by atoms with Crippen LogP contribution in [-0.2, 0) is 4.74 Å². The summed E-state index contributed by atoms with van der Waals surface area (Å²) in [5, 5.41) is 7.84. The molecule has 24 heavy (non-hydrogen) atoms. The molecule has 2 aromatic rings. The van der Waals surface area contributed by atoms with Crippen molar-refractivity contribution < 1.29 is 13.9 Å². The first-order valence-electron chi connectivity index (χ1n) is 8.32. The first kappa shape index (κ1) is 16.5. The molecule has 1 aliphatic rings. The third-order valence-corrected chi connectivity index (χ3v) is 4.71. The van der Waals surface area contributed by atoms with Crippen LogP contribution in [0.3, 0.4) is 0 Å². The zero-order chi connectivity index (χ0) is 17.2. The first-order valence-corrected chi connectivity index (χ1v) is 8.32. The molecule has 6 heteroatoms. The van der Waals surface area contributed by atoms with Crippen molar-refractivity contribution in [3.05, 3.63) is 41.8 Å². The van der Waals surface area contributed by atoms with Crippen LogP contribution in [0, 0.1) is 5.41 Å². The van der Waals surface area contributed by atoms with E-state index in [9.17, 15) is 4.79 Å². The SMILES string of the molecule is CCOC(=O)c1nnc(N2CCC(C)(C)C(c3ccccc3)C2)o1. The van der Waals surface area contributed by atoms with Gasteiger partial charge in [0.2, 0.25) is 0 Å². The van der Waals surface area contributed by atoms with Gasteiger partial charge in [0.25, 0.3) is 0 Å². The lowest BCUT2D eigenvalue weighted by molar-refractivity contribution is 0.0481. The Kier molecular flexibility index (Phi) is 4.55. The number of nitrogens with zero attached hydrogens (tertiary/aromatic N) is 3. The highest BCUT2D eigenvalue weighted by atomic mass is 16.5. The Hall–Kier alpha value is -2.37. The molecule has 1 aromatic carbocycles. The van der Waals surface area contributed by atoms with Crippen LogP contribution in [0.4, 0.5) is 6.01 Å². The van der Waals surface area contributed by atoms with Gasteiger partial charge in [-0.05, 0) is 24.3 Å². The van der Waals surface area contributed by atoms with Gasteiger partial charge in [-0.3, -0.25) is 0 Å². The number of hydrogen-bond acceptors (Lipinski definition) is 6. The number of ether oxygens (including phenoxy) is 1. The smallest absolute Gasteiger partial charge is 0.396 e. The second-order valence-electron chi connectivity index (χ2n) is 6.76. The van der Waals surface area contributed by atoms with Crippen LogP contribution >= 0.6 is 0 Å². The van der Waals surface area contributed by atoms with Crippen LogP contribution in [0.1, 0.15) is 49.4 Å². The molecule has 1 atom stereocenters. The van der Waals surface area contributed by atoms with Gasteiger partial charge in [0, 0.05) is 19.0 Å². The van der Waals surface area contributed by atoms with E-state index in [4.69, 9.17) is 9.15 Å². The van der Waals surface area contributed by atoms with E-state index < -0.39 is 5.97 Å². The summed E-state index contributed by atoms with van der Waals surface area (Å²) in [7, 11) is 0. The number of carbonyl (C=O) groups is 1. The summed E-state index contributed by atoms with van der Waals surface area (Å²) < 4.78 is 10.4. The lowest BCUT2D eigenvalue weighted by atomic mass is 9.70. The molecular formula is C18H23N3O3. The molecule has 128 valence electrons. The summed E-state index contributed by atoms with van der Waals surface area (Å²) in [6, 6.07) is 10.9. The molecule has 1 aliphatic heterocycles. The van der Waals surface area contributed by atoms with E-state index in [1.54, 1.807) is 6.92 Å². The van der Waals surface area contributed by atoms with Crippen molar-refractivity contribution >= 4 is 12.0 Å². The molecular weight excluding hydrogens is 306 g/mol. The predicted octanol–water partition coefficient (Wildman–Crippen LogP) is 3.27. The zero-order valence-electron chi connectivity index (χ0n) is 14.4. The molecule has 1 fully saturated rings. The number of esters is 1. The summed E-state index contributed by atoms with van der Waals surface area (Å²) in [5.74, 6) is -0.313. The van der Waals surface area contributed by atoms with E-state index in [2.05, 4.69) is 53.2 Å². The number of aromatic nitrogens is 2. The van der Waals surface area contributed by atoms with E-state index in [1.807, 2.05) is 6.07 Å². The van der Waals surface area contributed by atoms with Gasteiger partial charge in [-0.15, -0.1) is 0 Å². The fourth-order valence-electron chi connectivity index (χ4n) is 3.19. The Morgan fingerprint density at radius 2 is 2.08 bits per heavy atom. The molecule has 0 N–H and O–H groups in total. The zero-order valence-corrected chi connectivity index (χ0v) is 14.4. The van der Waals surface area contributed by atoms with Gasteiger partial charge < -0.3 is 14.1 Å². The summed E-state index contributed by atoms with van der Waals surface area (Å²) in [5.41, 5.74) is 1.49. The quantitative estimate of drug-likeness (QED) is 0.802. The maximum Gasteiger partial charge on any atom is 0.396 e. The second-order valence-corrected chi connectivity index (χ2v) is 6.76. The molecule has 0 spiro atoms. The molecule has 6 nitrogen and oxygen atoms in total. The number of benzene rings is 1. The average Bonchev–Trinajstić information content (AvgIpc) is 3.06. The van der Waals surface area contributed by atoms with Crippen LogP contribution < -0.4 is 4.90 Å². The normalized spacial score (nSPS) is 20.0. The van der Waals surface area contributed by atoms with Crippen molar-refractivity contribution in [2.75, 3.05) is 24.6 Å². The standard InChI is InChI=1S/C18H23N3O3/c1-4-23-16(22)15-19-20-17(24-15)21-11-10-18(2,3)14(12-21)13-8-6-5-7-9-13/h5-9,14H,4,10-12H2,1-3H3. The van der Waals surface area contributed by atoms with Gasteiger partial charge in [-0.2, -0.15) is 0 Å². The van der Waals surface area contributed by atoms with Crippen molar-refractivity contribution in [1.82, 2.24) is 10.2 Å². The highest BCUT2D eigenvalue weighted by Crippen LogP contribution is 2.43. The van der Waals surface area contributed by atoms with Crippen molar-refractivity contribution in [2.24, 2.45) is 5.41 Å². The largest absolute Gasteiger partial charge is 0.459 e. The molecule has 1 unspecified atom stereocenters. The van der Waals surface area contributed by atoms with E-state index in [0.29, 0.717) is 11.9 Å². The van der Waals surface area contributed by atoms with Crippen LogP contribution in [0.2, 0.25) is 0 Å². The van der Waals surface area contributed by atoms with E-state index in [1.165, 1.54) is 5.56 Å². The van der Waals surface area contributed by atoms with Gasteiger partial charge in [0.15, 0.2) is 0 Å².